The third-order valence-corrected chi connectivity index (χ3v) is 2.86. The second-order valence-electron chi connectivity index (χ2n) is 5.00. The molecule has 1 rings (SSSR count). The standard InChI is InChI=1S/C12H20O5/c1-7-6-15-12(4,5)11(17-9(3)14)10(7)16-8(2)13/h7,10-11H,6H2,1-5H3. The maximum absolute atomic E-state index is 11.1. The molecule has 17 heavy (non-hydrogen) atoms. The average molecular weight is 244 g/mol. The number of rotatable bonds is 2. The smallest absolute Gasteiger partial charge is 0.303 e. The van der Waals surface area contributed by atoms with Crippen LogP contribution in [0, 0.1) is 5.92 Å². The van der Waals surface area contributed by atoms with E-state index >= 15 is 0 Å². The van der Waals surface area contributed by atoms with Gasteiger partial charge in [-0.3, -0.25) is 9.59 Å². The van der Waals surface area contributed by atoms with E-state index in [-0.39, 0.29) is 11.9 Å². The van der Waals surface area contributed by atoms with Gasteiger partial charge in [0.15, 0.2) is 6.10 Å². The van der Waals surface area contributed by atoms with E-state index in [4.69, 9.17) is 14.2 Å². The number of esters is 2. The molecule has 5 heteroatoms. The molecule has 0 spiro atoms. The summed E-state index contributed by atoms with van der Waals surface area (Å²) in [4.78, 5) is 22.2. The maximum Gasteiger partial charge on any atom is 0.303 e. The van der Waals surface area contributed by atoms with Gasteiger partial charge in [0, 0.05) is 19.8 Å². The molecule has 3 atom stereocenters. The average Bonchev–Trinajstić information content (AvgIpc) is 2.17. The fourth-order valence-corrected chi connectivity index (χ4v) is 1.97. The molecule has 0 aromatic rings. The molecular formula is C12H20O5. The van der Waals surface area contributed by atoms with Gasteiger partial charge in [0.25, 0.3) is 0 Å². The normalized spacial score (nSPS) is 31.7. The first-order valence-corrected chi connectivity index (χ1v) is 5.72. The lowest BCUT2D eigenvalue weighted by molar-refractivity contribution is -0.228. The van der Waals surface area contributed by atoms with Gasteiger partial charge in [0.2, 0.25) is 0 Å². The number of hydrogen-bond donors (Lipinski definition) is 0. The Balaban J connectivity index is 2.91. The Kier molecular flexibility index (Phi) is 4.14. The Morgan fingerprint density at radius 3 is 2.18 bits per heavy atom. The van der Waals surface area contributed by atoms with E-state index in [1.54, 1.807) is 0 Å². The SMILES string of the molecule is CC(=O)OC1C(C)COC(C)(C)C1OC(C)=O. The Labute approximate surface area is 101 Å². The summed E-state index contributed by atoms with van der Waals surface area (Å²) in [5.41, 5.74) is -0.654. The highest BCUT2D eigenvalue weighted by Gasteiger charge is 2.47. The minimum atomic E-state index is -0.654. The molecule has 0 aliphatic carbocycles. The Hall–Kier alpha value is -1.10. The van der Waals surface area contributed by atoms with Crippen molar-refractivity contribution >= 4 is 11.9 Å². The highest BCUT2D eigenvalue weighted by Crippen LogP contribution is 2.32. The number of ether oxygens (including phenoxy) is 3. The third-order valence-electron chi connectivity index (χ3n) is 2.86. The highest BCUT2D eigenvalue weighted by molar-refractivity contribution is 5.67. The van der Waals surface area contributed by atoms with E-state index < -0.39 is 23.8 Å². The number of carbonyl (C=O) groups is 2. The van der Waals surface area contributed by atoms with Gasteiger partial charge in [-0.05, 0) is 13.8 Å². The predicted octanol–water partition coefficient (Wildman–Crippen LogP) is 1.29. The van der Waals surface area contributed by atoms with Crippen LogP contribution in [-0.2, 0) is 23.8 Å². The fourth-order valence-electron chi connectivity index (χ4n) is 1.97. The first-order chi connectivity index (χ1) is 7.74. The van der Waals surface area contributed by atoms with Crippen molar-refractivity contribution in [1.82, 2.24) is 0 Å². The van der Waals surface area contributed by atoms with Crippen LogP contribution in [0.3, 0.4) is 0 Å². The lowest BCUT2D eigenvalue weighted by Crippen LogP contribution is -2.58. The lowest BCUT2D eigenvalue weighted by atomic mass is 9.86. The van der Waals surface area contributed by atoms with Crippen LogP contribution in [0.2, 0.25) is 0 Å². The topological polar surface area (TPSA) is 61.8 Å². The predicted molar refractivity (Wildman–Crippen MR) is 60.3 cm³/mol. The van der Waals surface area contributed by atoms with Crippen molar-refractivity contribution < 1.29 is 23.8 Å². The molecule has 1 heterocycles. The van der Waals surface area contributed by atoms with Gasteiger partial charge >= 0.3 is 11.9 Å². The number of carbonyl (C=O) groups excluding carboxylic acids is 2. The van der Waals surface area contributed by atoms with E-state index in [0.29, 0.717) is 6.61 Å². The largest absolute Gasteiger partial charge is 0.458 e. The van der Waals surface area contributed by atoms with Crippen molar-refractivity contribution in [2.24, 2.45) is 5.92 Å². The molecular weight excluding hydrogens is 224 g/mol. The van der Waals surface area contributed by atoms with Crippen molar-refractivity contribution in [2.75, 3.05) is 6.61 Å². The van der Waals surface area contributed by atoms with Crippen LogP contribution in [0.15, 0.2) is 0 Å². The van der Waals surface area contributed by atoms with Crippen LogP contribution in [0.5, 0.6) is 0 Å². The maximum atomic E-state index is 11.1. The van der Waals surface area contributed by atoms with Gasteiger partial charge in [-0.15, -0.1) is 0 Å². The molecule has 1 fully saturated rings. The fraction of sp³-hybridized carbons (Fsp3) is 0.833. The molecule has 0 radical (unpaired) electrons. The zero-order valence-corrected chi connectivity index (χ0v) is 11.0. The van der Waals surface area contributed by atoms with Crippen molar-refractivity contribution in [1.29, 1.82) is 0 Å². The minimum absolute atomic E-state index is 0.00345. The quantitative estimate of drug-likeness (QED) is 0.685. The van der Waals surface area contributed by atoms with Gasteiger partial charge in [-0.1, -0.05) is 6.92 Å². The monoisotopic (exact) mass is 244 g/mol. The molecule has 0 aromatic carbocycles. The highest BCUT2D eigenvalue weighted by atomic mass is 16.6. The van der Waals surface area contributed by atoms with E-state index in [2.05, 4.69) is 0 Å². The summed E-state index contributed by atoms with van der Waals surface area (Å²) in [5, 5.41) is 0. The first-order valence-electron chi connectivity index (χ1n) is 5.72. The second kappa shape index (κ2) is 5.04. The van der Waals surface area contributed by atoms with Crippen molar-refractivity contribution in [2.45, 2.75) is 52.4 Å². The van der Waals surface area contributed by atoms with E-state index in [0.717, 1.165) is 0 Å². The Morgan fingerprint density at radius 2 is 1.71 bits per heavy atom. The third kappa shape index (κ3) is 3.43. The van der Waals surface area contributed by atoms with Gasteiger partial charge in [-0.25, -0.2) is 0 Å². The molecule has 0 saturated carbocycles. The Bertz CT molecular complexity index is 310. The molecule has 1 aliphatic rings. The van der Waals surface area contributed by atoms with Crippen LogP contribution in [0.4, 0.5) is 0 Å². The first kappa shape index (κ1) is 14.0. The summed E-state index contributed by atoms with van der Waals surface area (Å²) in [6, 6.07) is 0. The summed E-state index contributed by atoms with van der Waals surface area (Å²) in [5.74, 6) is -0.786. The van der Waals surface area contributed by atoms with Crippen LogP contribution in [-0.4, -0.2) is 36.4 Å². The summed E-state index contributed by atoms with van der Waals surface area (Å²) >= 11 is 0. The minimum Gasteiger partial charge on any atom is -0.458 e. The summed E-state index contributed by atoms with van der Waals surface area (Å²) in [6.45, 7) is 8.70. The second-order valence-corrected chi connectivity index (χ2v) is 5.00. The summed E-state index contributed by atoms with van der Waals surface area (Å²) < 4.78 is 16.1. The summed E-state index contributed by atoms with van der Waals surface area (Å²) in [7, 11) is 0. The van der Waals surface area contributed by atoms with Gasteiger partial charge in [0.05, 0.1) is 6.61 Å². The summed E-state index contributed by atoms with van der Waals surface area (Å²) in [6.07, 6.45) is -1.03. The van der Waals surface area contributed by atoms with E-state index in [1.165, 1.54) is 13.8 Å². The van der Waals surface area contributed by atoms with Gasteiger partial charge in [-0.2, -0.15) is 0 Å². The van der Waals surface area contributed by atoms with Crippen LogP contribution >= 0.6 is 0 Å². The molecule has 5 nitrogen and oxygen atoms in total. The van der Waals surface area contributed by atoms with Gasteiger partial charge in [0.1, 0.15) is 11.7 Å². The molecule has 3 unspecified atom stereocenters. The van der Waals surface area contributed by atoms with Crippen LogP contribution < -0.4 is 0 Å². The zero-order valence-electron chi connectivity index (χ0n) is 11.0. The van der Waals surface area contributed by atoms with Gasteiger partial charge < -0.3 is 14.2 Å². The van der Waals surface area contributed by atoms with Crippen LogP contribution in [0.1, 0.15) is 34.6 Å². The lowest BCUT2D eigenvalue weighted by Gasteiger charge is -2.44. The van der Waals surface area contributed by atoms with Crippen LogP contribution in [0.25, 0.3) is 0 Å². The van der Waals surface area contributed by atoms with E-state index in [9.17, 15) is 9.59 Å². The molecule has 0 N–H and O–H groups in total. The van der Waals surface area contributed by atoms with Crippen molar-refractivity contribution in [3.05, 3.63) is 0 Å². The van der Waals surface area contributed by atoms with Crippen molar-refractivity contribution in [3.8, 4) is 0 Å². The molecule has 0 amide bonds. The Morgan fingerprint density at radius 1 is 1.18 bits per heavy atom. The zero-order chi connectivity index (χ0) is 13.2. The molecule has 1 aliphatic heterocycles. The van der Waals surface area contributed by atoms with Crippen molar-refractivity contribution in [3.63, 3.8) is 0 Å². The molecule has 0 bridgehead atoms. The molecule has 1 saturated heterocycles. The van der Waals surface area contributed by atoms with E-state index in [1.807, 2.05) is 20.8 Å². The number of hydrogen-bond acceptors (Lipinski definition) is 5. The molecule has 98 valence electrons. The molecule has 0 aromatic heterocycles.